The lowest BCUT2D eigenvalue weighted by Gasteiger charge is -2.28. The van der Waals surface area contributed by atoms with Crippen LogP contribution in [0.5, 0.6) is 11.5 Å². The van der Waals surface area contributed by atoms with Crippen LogP contribution in [0.4, 0.5) is 23.4 Å². The maximum Gasteiger partial charge on any atom is 0.240 e. The minimum atomic E-state index is -3.70. The normalized spacial score (nSPS) is 14.2. The predicted octanol–water partition coefficient (Wildman–Crippen LogP) is 4.35. The quantitative estimate of drug-likeness (QED) is 0.146. The van der Waals surface area contributed by atoms with E-state index in [-0.39, 0.29) is 18.0 Å². The summed E-state index contributed by atoms with van der Waals surface area (Å²) in [5.74, 6) is 3.52. The van der Waals surface area contributed by atoms with Gasteiger partial charge in [-0.25, -0.2) is 28.1 Å². The number of aliphatic hydroxyl groups excluding tert-OH is 1. The molecule has 1 saturated heterocycles. The lowest BCUT2D eigenvalue weighted by atomic mass is 10.1. The van der Waals surface area contributed by atoms with Gasteiger partial charge in [-0.2, -0.15) is 4.98 Å². The van der Waals surface area contributed by atoms with Crippen LogP contribution in [0.2, 0.25) is 0 Å². The summed E-state index contributed by atoms with van der Waals surface area (Å²) in [4.78, 5) is 26.5. The summed E-state index contributed by atoms with van der Waals surface area (Å²) in [5.41, 5.74) is 5.51. The first kappa shape index (κ1) is 37.0. The first-order chi connectivity index (χ1) is 26.3. The van der Waals surface area contributed by atoms with Crippen LogP contribution in [0, 0.1) is 0 Å². The molecule has 0 bridgehead atoms. The van der Waals surface area contributed by atoms with E-state index in [4.69, 9.17) is 39.3 Å². The molecule has 0 radical (unpaired) electrons. The van der Waals surface area contributed by atoms with Crippen molar-refractivity contribution in [1.29, 1.82) is 0 Å². The van der Waals surface area contributed by atoms with Crippen molar-refractivity contribution in [3.8, 4) is 22.8 Å². The Hall–Kier alpha value is -5.35. The standard InChI is InChI=1S/C39H44N8O6S/c1-51-32-10-4-28(5-11-32)26-46(27-29-6-12-33(52-2)13-7-29)38-40-24-30(25-41-38)36-35-16-18-47(37(35)44-39(43-36)45-19-22-53-23-20-45)31-8-14-34(15-9-31)54(49,50)42-17-3-21-48/h4-15,24-25,42,48H,3,16-23,26-27H2,1-2H3. The molecule has 54 heavy (non-hydrogen) atoms. The number of nitrogens with one attached hydrogen (secondary N) is 1. The summed E-state index contributed by atoms with van der Waals surface area (Å²) < 4.78 is 44.5. The van der Waals surface area contributed by atoms with Crippen LogP contribution in [-0.2, 0) is 34.3 Å². The largest absolute Gasteiger partial charge is 0.497 e. The molecule has 2 aromatic heterocycles. The van der Waals surface area contributed by atoms with Gasteiger partial charge in [-0.3, -0.25) is 0 Å². The van der Waals surface area contributed by atoms with E-state index in [1.165, 1.54) is 0 Å². The van der Waals surface area contributed by atoms with Crippen molar-refractivity contribution in [3.63, 3.8) is 0 Å². The van der Waals surface area contributed by atoms with E-state index in [2.05, 4.69) is 19.4 Å². The molecule has 2 aliphatic heterocycles. The molecule has 4 heterocycles. The SMILES string of the molecule is COc1ccc(CN(Cc2ccc(OC)cc2)c2ncc(-c3nc(N4CCOCC4)nc4c3CCN4c3ccc(S(=O)(=O)NCCCO)cc3)cn2)cc1. The lowest BCUT2D eigenvalue weighted by Crippen LogP contribution is -2.37. The van der Waals surface area contributed by atoms with Gasteiger partial charge in [0.1, 0.15) is 17.3 Å². The summed E-state index contributed by atoms with van der Waals surface area (Å²) in [6, 6.07) is 22.7. The molecular weight excluding hydrogens is 709 g/mol. The Morgan fingerprint density at radius 3 is 2.02 bits per heavy atom. The third-order valence-corrected chi connectivity index (χ3v) is 10.9. The maximum absolute atomic E-state index is 12.8. The Balaban J connectivity index is 1.20. The number of anilines is 4. The number of hydrogen-bond donors (Lipinski definition) is 2. The molecule has 14 nitrogen and oxygen atoms in total. The van der Waals surface area contributed by atoms with Gasteiger partial charge in [-0.05, 0) is 72.5 Å². The van der Waals surface area contributed by atoms with E-state index in [1.54, 1.807) is 38.5 Å². The van der Waals surface area contributed by atoms with Gasteiger partial charge < -0.3 is 34.0 Å². The average Bonchev–Trinajstić information content (AvgIpc) is 3.65. The van der Waals surface area contributed by atoms with Gasteiger partial charge in [-0.1, -0.05) is 24.3 Å². The highest BCUT2D eigenvalue weighted by molar-refractivity contribution is 7.89. The molecule has 2 aliphatic rings. The second-order valence-corrected chi connectivity index (χ2v) is 14.7. The number of nitrogens with zero attached hydrogens (tertiary/aromatic N) is 7. The number of ether oxygens (including phenoxy) is 3. The second-order valence-electron chi connectivity index (χ2n) is 13.0. The van der Waals surface area contributed by atoms with Crippen LogP contribution in [0.15, 0.2) is 90.1 Å². The summed E-state index contributed by atoms with van der Waals surface area (Å²) in [5, 5.41) is 9.05. The number of methoxy groups -OCH3 is 2. The summed E-state index contributed by atoms with van der Waals surface area (Å²) >= 11 is 0. The topological polar surface area (TPSA) is 155 Å². The van der Waals surface area contributed by atoms with Crippen molar-refractivity contribution >= 4 is 33.4 Å². The van der Waals surface area contributed by atoms with Crippen LogP contribution in [-0.4, -0.2) is 93.7 Å². The number of fused-ring (bicyclic) bond motifs is 1. The molecule has 5 aromatic rings. The molecule has 0 amide bonds. The molecule has 0 spiro atoms. The van der Waals surface area contributed by atoms with Crippen molar-refractivity contribution < 1.29 is 27.7 Å². The average molecular weight is 753 g/mol. The third kappa shape index (κ3) is 8.39. The molecule has 15 heteroatoms. The van der Waals surface area contributed by atoms with Crippen LogP contribution in [0.1, 0.15) is 23.1 Å². The van der Waals surface area contributed by atoms with E-state index in [0.717, 1.165) is 51.0 Å². The number of benzene rings is 3. The molecule has 0 atom stereocenters. The monoisotopic (exact) mass is 752 g/mol. The maximum atomic E-state index is 12.8. The Kier molecular flexibility index (Phi) is 11.5. The van der Waals surface area contributed by atoms with E-state index < -0.39 is 10.0 Å². The van der Waals surface area contributed by atoms with Gasteiger partial charge in [-0.15, -0.1) is 0 Å². The number of morpholine rings is 1. The number of sulfonamides is 1. The first-order valence-corrected chi connectivity index (χ1v) is 19.4. The second kappa shape index (κ2) is 16.8. The van der Waals surface area contributed by atoms with Gasteiger partial charge >= 0.3 is 0 Å². The van der Waals surface area contributed by atoms with E-state index in [1.807, 2.05) is 60.9 Å². The molecule has 0 saturated carbocycles. The summed E-state index contributed by atoms with van der Waals surface area (Å²) in [6.07, 6.45) is 4.68. The van der Waals surface area contributed by atoms with Gasteiger partial charge in [0.15, 0.2) is 0 Å². The predicted molar refractivity (Wildman–Crippen MR) is 206 cm³/mol. The van der Waals surface area contributed by atoms with Crippen molar-refractivity contribution in [1.82, 2.24) is 24.7 Å². The van der Waals surface area contributed by atoms with Gasteiger partial charge in [0, 0.05) is 75.1 Å². The molecule has 7 rings (SSSR count). The van der Waals surface area contributed by atoms with Gasteiger partial charge in [0.25, 0.3) is 0 Å². The molecule has 282 valence electrons. The third-order valence-electron chi connectivity index (χ3n) is 9.45. The molecule has 1 fully saturated rings. The smallest absolute Gasteiger partial charge is 0.240 e. The number of rotatable bonds is 15. The highest BCUT2D eigenvalue weighted by Gasteiger charge is 2.30. The Labute approximate surface area is 315 Å². The van der Waals surface area contributed by atoms with Crippen molar-refractivity contribution in [2.24, 2.45) is 0 Å². The van der Waals surface area contributed by atoms with Gasteiger partial charge in [0.05, 0.1) is 38.0 Å². The van der Waals surface area contributed by atoms with E-state index >= 15 is 0 Å². The fourth-order valence-corrected chi connectivity index (χ4v) is 7.59. The molecule has 3 aromatic carbocycles. The minimum Gasteiger partial charge on any atom is -0.497 e. The lowest BCUT2D eigenvalue weighted by molar-refractivity contribution is 0.122. The van der Waals surface area contributed by atoms with Crippen LogP contribution < -0.4 is 28.9 Å². The Morgan fingerprint density at radius 2 is 1.44 bits per heavy atom. The summed E-state index contributed by atoms with van der Waals surface area (Å²) in [6.45, 7) is 4.36. The molecule has 2 N–H and O–H groups in total. The van der Waals surface area contributed by atoms with Crippen molar-refractivity contribution in [2.75, 3.05) is 74.9 Å². The number of aromatic nitrogens is 4. The molecule has 0 aliphatic carbocycles. The molecular formula is C39H44N8O6S. The number of aliphatic hydroxyl groups is 1. The van der Waals surface area contributed by atoms with E-state index in [0.29, 0.717) is 70.7 Å². The Bertz CT molecular complexity index is 2060. The highest BCUT2D eigenvalue weighted by atomic mass is 32.2. The van der Waals surface area contributed by atoms with Crippen LogP contribution in [0.25, 0.3) is 11.3 Å². The zero-order valence-electron chi connectivity index (χ0n) is 30.4. The zero-order chi connectivity index (χ0) is 37.5. The highest BCUT2D eigenvalue weighted by Crippen LogP contribution is 2.39. The fraction of sp³-hybridized carbons (Fsp3) is 0.333. The van der Waals surface area contributed by atoms with Gasteiger partial charge in [0.2, 0.25) is 21.9 Å². The van der Waals surface area contributed by atoms with E-state index in [9.17, 15) is 8.42 Å². The summed E-state index contributed by atoms with van der Waals surface area (Å²) in [7, 11) is -0.389. The number of hydrogen-bond acceptors (Lipinski definition) is 13. The van der Waals surface area contributed by atoms with Crippen LogP contribution >= 0.6 is 0 Å². The fourth-order valence-electron chi connectivity index (χ4n) is 6.52. The Morgan fingerprint density at radius 1 is 0.833 bits per heavy atom. The first-order valence-electron chi connectivity index (χ1n) is 17.9. The minimum absolute atomic E-state index is 0.0873. The zero-order valence-corrected chi connectivity index (χ0v) is 31.2. The van der Waals surface area contributed by atoms with Crippen molar-refractivity contribution in [3.05, 3.63) is 102 Å². The molecule has 0 unspecified atom stereocenters. The van der Waals surface area contributed by atoms with Crippen LogP contribution in [0.3, 0.4) is 0 Å². The van der Waals surface area contributed by atoms with Crippen molar-refractivity contribution in [2.45, 2.75) is 30.8 Å².